The first-order valence-electron chi connectivity index (χ1n) is 8.85. The van der Waals surface area contributed by atoms with Crippen LogP contribution in [0.1, 0.15) is 23.5 Å². The van der Waals surface area contributed by atoms with Crippen molar-refractivity contribution in [2.24, 2.45) is 4.99 Å². The van der Waals surface area contributed by atoms with Crippen LogP contribution in [-0.2, 0) is 6.54 Å². The van der Waals surface area contributed by atoms with Crippen molar-refractivity contribution < 1.29 is 22.6 Å². The number of hydrogen-bond donors (Lipinski definition) is 2. The number of halogens is 4. The largest absolute Gasteiger partial charge is 0.497 e. The first kappa shape index (κ1) is 23.1. The number of aliphatic imine (C=N–C) groups is 1. The van der Waals surface area contributed by atoms with Crippen LogP contribution >= 0.6 is 24.0 Å². The first-order chi connectivity index (χ1) is 13.5. The summed E-state index contributed by atoms with van der Waals surface area (Å²) >= 11 is 0. The zero-order chi connectivity index (χ0) is 20.1. The van der Waals surface area contributed by atoms with Gasteiger partial charge in [-0.1, -0.05) is 18.2 Å². The quantitative estimate of drug-likeness (QED) is 0.325. The lowest BCUT2D eigenvalue weighted by Gasteiger charge is -2.15. The van der Waals surface area contributed by atoms with Crippen molar-refractivity contribution in [2.45, 2.75) is 31.5 Å². The summed E-state index contributed by atoms with van der Waals surface area (Å²) in [6.45, 7) is -2.71. The average Bonchev–Trinajstić information content (AvgIpc) is 3.44. The normalized spacial score (nSPS) is 18.1. The van der Waals surface area contributed by atoms with Crippen molar-refractivity contribution in [2.75, 3.05) is 14.2 Å². The number of guanidine groups is 1. The Morgan fingerprint density at radius 1 is 1.24 bits per heavy atom. The number of alkyl halides is 2. The Morgan fingerprint density at radius 2 is 2.00 bits per heavy atom. The third-order valence-corrected chi connectivity index (χ3v) is 4.57. The molecule has 2 aromatic carbocycles. The predicted octanol–water partition coefficient (Wildman–Crippen LogP) is 4.27. The molecule has 3 rings (SSSR count). The highest BCUT2D eigenvalue weighted by molar-refractivity contribution is 14.0. The van der Waals surface area contributed by atoms with E-state index >= 15 is 0 Å². The van der Waals surface area contributed by atoms with Crippen LogP contribution in [0.15, 0.2) is 47.5 Å². The van der Waals surface area contributed by atoms with Gasteiger partial charge in [0.1, 0.15) is 17.3 Å². The molecular weight excluding hydrogens is 498 g/mol. The van der Waals surface area contributed by atoms with Crippen molar-refractivity contribution in [1.29, 1.82) is 0 Å². The number of nitrogens with zero attached hydrogens (tertiary/aromatic N) is 1. The molecule has 0 saturated heterocycles. The minimum atomic E-state index is -2.92. The summed E-state index contributed by atoms with van der Waals surface area (Å²) in [5.41, 5.74) is 1.18. The minimum Gasteiger partial charge on any atom is -0.497 e. The van der Waals surface area contributed by atoms with Crippen LogP contribution < -0.4 is 20.1 Å². The van der Waals surface area contributed by atoms with Crippen molar-refractivity contribution in [1.82, 2.24) is 10.6 Å². The number of ether oxygens (including phenoxy) is 2. The highest BCUT2D eigenvalue weighted by Crippen LogP contribution is 2.41. The lowest BCUT2D eigenvalue weighted by Crippen LogP contribution is -2.38. The fraction of sp³-hybridized carbons (Fsp3) is 0.350. The molecule has 2 aromatic rings. The van der Waals surface area contributed by atoms with Gasteiger partial charge in [-0.3, -0.25) is 4.99 Å². The summed E-state index contributed by atoms with van der Waals surface area (Å²) in [6.07, 6.45) is 0.792. The minimum absolute atomic E-state index is 0. The average molecular weight is 521 g/mol. The summed E-state index contributed by atoms with van der Waals surface area (Å²) in [5.74, 6) is 0.950. The van der Waals surface area contributed by atoms with Crippen LogP contribution in [0.2, 0.25) is 0 Å². The predicted molar refractivity (Wildman–Crippen MR) is 116 cm³/mol. The van der Waals surface area contributed by atoms with Crippen LogP contribution in [-0.4, -0.2) is 32.8 Å². The summed E-state index contributed by atoms with van der Waals surface area (Å²) < 4.78 is 48.9. The number of nitrogens with one attached hydrogen (secondary N) is 2. The molecule has 0 aliphatic heterocycles. The Morgan fingerprint density at radius 3 is 2.66 bits per heavy atom. The van der Waals surface area contributed by atoms with Crippen molar-refractivity contribution in [3.05, 3.63) is 59.4 Å². The van der Waals surface area contributed by atoms with Gasteiger partial charge in [0.2, 0.25) is 0 Å². The van der Waals surface area contributed by atoms with E-state index in [2.05, 4.69) is 20.4 Å². The van der Waals surface area contributed by atoms with Gasteiger partial charge in [-0.2, -0.15) is 8.78 Å². The topological polar surface area (TPSA) is 54.9 Å². The van der Waals surface area contributed by atoms with E-state index in [9.17, 15) is 13.2 Å². The summed E-state index contributed by atoms with van der Waals surface area (Å²) in [7, 11) is 3.11. The summed E-state index contributed by atoms with van der Waals surface area (Å²) in [5, 5.41) is 6.30. The fourth-order valence-corrected chi connectivity index (χ4v) is 3.06. The fourth-order valence-electron chi connectivity index (χ4n) is 3.06. The van der Waals surface area contributed by atoms with Gasteiger partial charge < -0.3 is 20.1 Å². The van der Waals surface area contributed by atoms with E-state index in [1.807, 2.05) is 6.07 Å². The van der Waals surface area contributed by atoms with E-state index < -0.39 is 6.61 Å². The molecule has 0 amide bonds. The highest BCUT2D eigenvalue weighted by Gasteiger charge is 2.40. The van der Waals surface area contributed by atoms with E-state index in [-0.39, 0.29) is 54.0 Å². The molecule has 2 N–H and O–H groups in total. The molecule has 2 atom stereocenters. The second kappa shape index (κ2) is 10.6. The van der Waals surface area contributed by atoms with E-state index in [4.69, 9.17) is 4.74 Å². The van der Waals surface area contributed by atoms with Crippen molar-refractivity contribution in [3.63, 3.8) is 0 Å². The molecule has 0 aromatic heterocycles. The Labute approximate surface area is 184 Å². The molecule has 1 fully saturated rings. The van der Waals surface area contributed by atoms with Gasteiger partial charge >= 0.3 is 6.61 Å². The van der Waals surface area contributed by atoms with Gasteiger partial charge in [0.25, 0.3) is 0 Å². The van der Waals surface area contributed by atoms with Crippen LogP contribution in [0.5, 0.6) is 11.5 Å². The van der Waals surface area contributed by atoms with Gasteiger partial charge in [0, 0.05) is 31.1 Å². The van der Waals surface area contributed by atoms with E-state index in [1.165, 1.54) is 19.2 Å². The lowest BCUT2D eigenvalue weighted by molar-refractivity contribution is -0.0504. The third-order valence-electron chi connectivity index (χ3n) is 4.57. The highest BCUT2D eigenvalue weighted by atomic mass is 127. The maximum absolute atomic E-state index is 13.9. The molecule has 0 radical (unpaired) electrons. The second-order valence-electron chi connectivity index (χ2n) is 6.39. The molecule has 1 aliphatic rings. The first-order valence-corrected chi connectivity index (χ1v) is 8.85. The van der Waals surface area contributed by atoms with Crippen molar-refractivity contribution in [3.8, 4) is 11.5 Å². The SMILES string of the molecule is CN=C(NCc1cc(OC)ccc1OC(F)F)NC1CC1c1ccccc1F.I. The zero-order valence-electron chi connectivity index (χ0n) is 16.0. The van der Waals surface area contributed by atoms with Crippen molar-refractivity contribution >= 4 is 29.9 Å². The Kier molecular flexibility index (Phi) is 8.42. The molecule has 2 unspecified atom stereocenters. The number of rotatable bonds is 7. The smallest absolute Gasteiger partial charge is 0.387 e. The van der Waals surface area contributed by atoms with E-state index in [1.54, 1.807) is 31.3 Å². The van der Waals surface area contributed by atoms with Gasteiger partial charge in [0.15, 0.2) is 5.96 Å². The molecule has 5 nitrogen and oxygen atoms in total. The molecular formula is C20H23F3IN3O2. The Balaban J connectivity index is 0.00000300. The van der Waals surface area contributed by atoms with Gasteiger partial charge in [-0.05, 0) is 36.2 Å². The molecule has 0 bridgehead atoms. The van der Waals surface area contributed by atoms with Crippen LogP contribution in [0.3, 0.4) is 0 Å². The lowest BCUT2D eigenvalue weighted by atomic mass is 10.1. The van der Waals surface area contributed by atoms with Crippen LogP contribution in [0.4, 0.5) is 13.2 Å². The molecule has 29 heavy (non-hydrogen) atoms. The molecule has 9 heteroatoms. The number of methoxy groups -OCH3 is 1. The Bertz CT molecular complexity index is 851. The summed E-state index contributed by atoms with van der Waals surface area (Å²) in [6, 6.07) is 11.4. The third kappa shape index (κ3) is 6.15. The zero-order valence-corrected chi connectivity index (χ0v) is 18.3. The molecule has 1 saturated carbocycles. The van der Waals surface area contributed by atoms with Crippen LogP contribution in [0.25, 0.3) is 0 Å². The summed E-state index contributed by atoms with van der Waals surface area (Å²) in [4.78, 5) is 4.15. The number of benzene rings is 2. The van der Waals surface area contributed by atoms with Gasteiger partial charge in [-0.25, -0.2) is 4.39 Å². The molecule has 0 spiro atoms. The van der Waals surface area contributed by atoms with E-state index in [0.29, 0.717) is 22.8 Å². The van der Waals surface area contributed by atoms with Gasteiger partial charge in [-0.15, -0.1) is 24.0 Å². The Hall–Kier alpha value is -2.17. The van der Waals surface area contributed by atoms with E-state index in [0.717, 1.165) is 6.42 Å². The van der Waals surface area contributed by atoms with Crippen LogP contribution in [0, 0.1) is 5.82 Å². The molecule has 0 heterocycles. The molecule has 158 valence electrons. The molecule has 1 aliphatic carbocycles. The maximum atomic E-state index is 13.9. The van der Waals surface area contributed by atoms with Gasteiger partial charge in [0.05, 0.1) is 7.11 Å². The monoisotopic (exact) mass is 521 g/mol. The standard InChI is InChI=1S/C20H22F3N3O2.HI/c1-24-20(26-17-10-15(17)14-5-3-4-6-16(14)21)25-11-12-9-13(27-2)7-8-18(12)28-19(22)23;/h3-9,15,17,19H,10-11H2,1-2H3,(H2,24,25,26);1H. The second-order valence-corrected chi connectivity index (χ2v) is 6.39. The number of hydrogen-bond acceptors (Lipinski definition) is 3. The maximum Gasteiger partial charge on any atom is 0.387 e.